The number of likely N-dealkylation sites (N-methyl/N-ethyl adjacent to an activating group) is 1. The van der Waals surface area contributed by atoms with Gasteiger partial charge in [-0.2, -0.15) is 5.11 Å². The van der Waals surface area contributed by atoms with Crippen molar-refractivity contribution in [2.75, 3.05) is 55.8 Å². The molecule has 1 fully saturated rings. The minimum atomic E-state index is 0.582. The van der Waals surface area contributed by atoms with Gasteiger partial charge in [-0.05, 0) is 61.7 Å². The van der Waals surface area contributed by atoms with Gasteiger partial charge in [0, 0.05) is 45.0 Å². The zero-order valence-corrected chi connectivity index (χ0v) is 20.3. The maximum atomic E-state index is 7.38. The van der Waals surface area contributed by atoms with Crippen LogP contribution in [0.2, 0.25) is 0 Å². The van der Waals surface area contributed by atoms with Crippen LogP contribution in [-0.4, -0.2) is 60.1 Å². The van der Waals surface area contributed by atoms with Gasteiger partial charge < -0.3 is 20.4 Å². The third-order valence-corrected chi connectivity index (χ3v) is 6.65. The predicted molar refractivity (Wildman–Crippen MR) is 140 cm³/mol. The van der Waals surface area contributed by atoms with Crippen molar-refractivity contribution in [3.8, 4) is 0 Å². The zero-order valence-electron chi connectivity index (χ0n) is 20.3. The zero-order chi connectivity index (χ0) is 24.2. The number of pyridine rings is 1. The van der Waals surface area contributed by atoms with Gasteiger partial charge >= 0.3 is 0 Å². The molecule has 0 spiro atoms. The highest BCUT2D eigenvalue weighted by Crippen LogP contribution is 2.34. The van der Waals surface area contributed by atoms with Crippen molar-refractivity contribution in [2.45, 2.75) is 19.3 Å². The van der Waals surface area contributed by atoms with Crippen molar-refractivity contribution in [2.24, 2.45) is 5.11 Å². The molecule has 3 heterocycles. The maximum absolute atomic E-state index is 7.38. The molecule has 1 aliphatic carbocycles. The number of nitrogens with zero attached hydrogens (tertiary/aromatic N) is 6. The van der Waals surface area contributed by atoms with Gasteiger partial charge in [0.25, 0.3) is 0 Å². The molecule has 1 aromatic carbocycles. The fraction of sp³-hybridized carbons (Fsp3) is 0.346. The van der Waals surface area contributed by atoms with Crippen molar-refractivity contribution >= 4 is 34.4 Å². The number of hydrogen-bond acceptors (Lipinski definition) is 9. The lowest BCUT2D eigenvalue weighted by Crippen LogP contribution is -2.44. The van der Waals surface area contributed by atoms with E-state index in [0.717, 1.165) is 85.0 Å². The van der Waals surface area contributed by atoms with Crippen LogP contribution in [0.5, 0.6) is 0 Å². The van der Waals surface area contributed by atoms with Gasteiger partial charge in [-0.1, -0.05) is 12.1 Å². The summed E-state index contributed by atoms with van der Waals surface area (Å²) >= 11 is 0. The Kier molecular flexibility index (Phi) is 6.67. The van der Waals surface area contributed by atoms with E-state index in [-0.39, 0.29) is 0 Å². The summed E-state index contributed by atoms with van der Waals surface area (Å²) < 4.78 is 0. The number of piperazine rings is 1. The lowest BCUT2D eigenvalue weighted by molar-refractivity contribution is 0.312. The van der Waals surface area contributed by atoms with E-state index in [1.54, 1.807) is 0 Å². The van der Waals surface area contributed by atoms with Gasteiger partial charge in [0.05, 0.1) is 23.3 Å². The number of allylic oxidation sites excluding steroid dienone is 1. The lowest BCUT2D eigenvalue weighted by atomic mass is 9.97. The molecular formula is C26H31N9. The highest BCUT2D eigenvalue weighted by molar-refractivity contribution is 5.84. The largest absolute Gasteiger partial charge is 0.386 e. The molecule has 0 saturated carbocycles. The first-order chi connectivity index (χ1) is 17.1. The number of aromatic nitrogens is 3. The number of aryl methyl sites for hydroxylation is 1. The van der Waals surface area contributed by atoms with Gasteiger partial charge in [-0.25, -0.2) is 20.5 Å². The van der Waals surface area contributed by atoms with E-state index < -0.39 is 0 Å². The summed E-state index contributed by atoms with van der Waals surface area (Å²) in [5.41, 5.74) is 14.0. The van der Waals surface area contributed by atoms with E-state index in [0.29, 0.717) is 11.6 Å². The van der Waals surface area contributed by atoms with Gasteiger partial charge in [-0.15, -0.1) is 0 Å². The molecule has 0 bridgehead atoms. The molecule has 3 N–H and O–H groups in total. The Hall–Kier alpha value is -3.85. The molecule has 3 aromatic rings. The van der Waals surface area contributed by atoms with E-state index in [1.165, 1.54) is 0 Å². The molecular weight excluding hydrogens is 438 g/mol. The molecule has 2 aromatic heterocycles. The Morgan fingerprint density at radius 1 is 1.03 bits per heavy atom. The minimum absolute atomic E-state index is 0.582. The van der Waals surface area contributed by atoms with Gasteiger partial charge in [0.1, 0.15) is 11.5 Å². The molecule has 5 rings (SSSR count). The van der Waals surface area contributed by atoms with Crippen LogP contribution < -0.4 is 15.5 Å². The fourth-order valence-electron chi connectivity index (χ4n) is 4.61. The van der Waals surface area contributed by atoms with Gasteiger partial charge in [-0.3, -0.25) is 0 Å². The lowest BCUT2D eigenvalue weighted by Gasteiger charge is -2.33. The molecule has 0 atom stereocenters. The number of nitrogens with one attached hydrogen (secondary N) is 3. The minimum Gasteiger partial charge on any atom is -0.386 e. The van der Waals surface area contributed by atoms with Crippen LogP contribution in [0.4, 0.5) is 28.8 Å². The van der Waals surface area contributed by atoms with Gasteiger partial charge in [0.15, 0.2) is 0 Å². The SMILES string of the molecule is CNc1cc(C2=CCCCc3nc(Nc4ccc(N5CCN(C)CC5)nc4)ncc32)ccc1N=N. The third kappa shape index (κ3) is 5.00. The molecule has 0 radical (unpaired) electrons. The first-order valence-electron chi connectivity index (χ1n) is 12.1. The summed E-state index contributed by atoms with van der Waals surface area (Å²) in [7, 11) is 4.00. The van der Waals surface area contributed by atoms with Crippen LogP contribution in [0.1, 0.15) is 29.7 Å². The van der Waals surface area contributed by atoms with Crippen LogP contribution in [0, 0.1) is 5.53 Å². The Bertz CT molecular complexity index is 1230. The summed E-state index contributed by atoms with van der Waals surface area (Å²) in [4.78, 5) is 18.8. The fourth-order valence-corrected chi connectivity index (χ4v) is 4.61. The second-order valence-corrected chi connectivity index (χ2v) is 8.98. The van der Waals surface area contributed by atoms with E-state index in [1.807, 2.05) is 43.7 Å². The summed E-state index contributed by atoms with van der Waals surface area (Å²) in [6.45, 7) is 4.11. The first-order valence-corrected chi connectivity index (χ1v) is 12.1. The van der Waals surface area contributed by atoms with Crippen molar-refractivity contribution in [1.82, 2.24) is 19.9 Å². The Morgan fingerprint density at radius 2 is 1.89 bits per heavy atom. The molecule has 9 nitrogen and oxygen atoms in total. The molecule has 0 unspecified atom stereocenters. The van der Waals surface area contributed by atoms with Crippen molar-refractivity contribution < 1.29 is 0 Å². The van der Waals surface area contributed by atoms with Crippen molar-refractivity contribution in [3.63, 3.8) is 0 Å². The average molecular weight is 470 g/mol. The molecule has 9 heteroatoms. The Balaban J connectivity index is 1.35. The van der Waals surface area contributed by atoms with Crippen LogP contribution in [0.25, 0.3) is 5.57 Å². The van der Waals surface area contributed by atoms with E-state index in [9.17, 15) is 0 Å². The first kappa shape index (κ1) is 22.9. The molecule has 35 heavy (non-hydrogen) atoms. The van der Waals surface area contributed by atoms with Gasteiger partial charge in [0.2, 0.25) is 5.95 Å². The standard InChI is InChI=1S/C26H31N9/c1-28-24-15-18(7-9-23(24)33-27)20-5-3-4-6-22-21(20)17-30-26(32-22)31-19-8-10-25(29-16-19)35-13-11-34(2)12-14-35/h5,7-10,15-17,27-28H,3-4,6,11-14H2,1-2H3,(H,30,31,32). The summed E-state index contributed by atoms with van der Waals surface area (Å²) in [6, 6.07) is 10.0. The van der Waals surface area contributed by atoms with E-state index >= 15 is 0 Å². The predicted octanol–water partition coefficient (Wildman–Crippen LogP) is 4.84. The Morgan fingerprint density at radius 3 is 2.63 bits per heavy atom. The van der Waals surface area contributed by atoms with E-state index in [4.69, 9.17) is 10.5 Å². The Labute approximate surface area is 205 Å². The summed E-state index contributed by atoms with van der Waals surface area (Å²) in [5.74, 6) is 1.59. The topological polar surface area (TPSA) is 105 Å². The van der Waals surface area contributed by atoms with E-state index in [2.05, 4.69) is 54.7 Å². The second kappa shape index (κ2) is 10.2. The second-order valence-electron chi connectivity index (χ2n) is 8.98. The number of benzene rings is 1. The summed E-state index contributed by atoms with van der Waals surface area (Å²) in [6.07, 6.45) is 8.93. The number of fused-ring (bicyclic) bond motifs is 1. The number of anilines is 4. The monoisotopic (exact) mass is 469 g/mol. The average Bonchev–Trinajstić information content (AvgIpc) is 3.11. The van der Waals surface area contributed by atoms with Crippen LogP contribution in [0.15, 0.2) is 53.9 Å². The van der Waals surface area contributed by atoms with Crippen molar-refractivity contribution in [1.29, 1.82) is 5.53 Å². The quantitative estimate of drug-likeness (QED) is 0.444. The van der Waals surface area contributed by atoms with Crippen LogP contribution >= 0.6 is 0 Å². The highest BCUT2D eigenvalue weighted by Gasteiger charge is 2.18. The maximum Gasteiger partial charge on any atom is 0.227 e. The molecule has 1 saturated heterocycles. The molecule has 2 aliphatic rings. The highest BCUT2D eigenvalue weighted by atomic mass is 15.3. The molecule has 1 aliphatic heterocycles. The third-order valence-electron chi connectivity index (χ3n) is 6.65. The molecule has 180 valence electrons. The summed E-state index contributed by atoms with van der Waals surface area (Å²) in [5, 5.41) is 10.1. The van der Waals surface area contributed by atoms with Crippen molar-refractivity contribution in [3.05, 3.63) is 65.6 Å². The van der Waals surface area contributed by atoms with Crippen LogP contribution in [-0.2, 0) is 6.42 Å². The number of rotatable bonds is 6. The van der Waals surface area contributed by atoms with Crippen LogP contribution in [0.3, 0.4) is 0 Å². The normalized spacial score (nSPS) is 16.2. The molecule has 0 amide bonds. The smallest absolute Gasteiger partial charge is 0.227 e. The number of hydrogen-bond donors (Lipinski definition) is 3.